The number of imidazole rings is 1. The van der Waals surface area contributed by atoms with E-state index in [2.05, 4.69) is 10.1 Å². The van der Waals surface area contributed by atoms with Crippen molar-refractivity contribution < 1.29 is 22.5 Å². The van der Waals surface area contributed by atoms with E-state index >= 15 is 0 Å². The summed E-state index contributed by atoms with van der Waals surface area (Å²) in [6.07, 6.45) is 2.31. The minimum absolute atomic E-state index is 0.0148. The summed E-state index contributed by atoms with van der Waals surface area (Å²) < 4.78 is 39.3. The molecule has 0 spiro atoms. The van der Waals surface area contributed by atoms with E-state index < -0.39 is 10.0 Å². The van der Waals surface area contributed by atoms with Gasteiger partial charge in [-0.3, -0.25) is 4.79 Å². The molecule has 0 bridgehead atoms. The minimum Gasteiger partial charge on any atom is -0.459 e. The fraction of sp³-hybridized carbons (Fsp3) is 0.381. The molecule has 0 aliphatic carbocycles. The Morgan fingerprint density at radius 2 is 1.94 bits per heavy atom. The number of hydrogen-bond acceptors (Lipinski definition) is 7. The van der Waals surface area contributed by atoms with Crippen molar-refractivity contribution in [2.45, 2.75) is 31.4 Å². The summed E-state index contributed by atoms with van der Waals surface area (Å²) in [5.41, 5.74) is 1.42. The van der Waals surface area contributed by atoms with Crippen LogP contribution in [0.5, 0.6) is 0 Å². The third kappa shape index (κ3) is 4.54. The van der Waals surface area contributed by atoms with Gasteiger partial charge in [0, 0.05) is 38.0 Å². The maximum absolute atomic E-state index is 12.8. The zero-order chi connectivity index (χ0) is 22.0. The van der Waals surface area contributed by atoms with Crippen molar-refractivity contribution in [2.24, 2.45) is 13.0 Å². The summed E-state index contributed by atoms with van der Waals surface area (Å²) in [6.45, 7) is 2.26. The lowest BCUT2D eigenvalue weighted by molar-refractivity contribution is -0.151. The van der Waals surface area contributed by atoms with Crippen molar-refractivity contribution in [3.8, 4) is 11.3 Å². The van der Waals surface area contributed by atoms with Crippen LogP contribution in [0.4, 0.5) is 0 Å². The van der Waals surface area contributed by atoms with Crippen LogP contribution < -0.4 is 0 Å². The number of aryl methyl sites for hydroxylation is 2. The summed E-state index contributed by atoms with van der Waals surface area (Å²) in [7, 11) is -1.91. The predicted octanol–water partition coefficient (Wildman–Crippen LogP) is 2.53. The Morgan fingerprint density at radius 1 is 1.23 bits per heavy atom. The van der Waals surface area contributed by atoms with Crippen LogP contribution in [0.3, 0.4) is 0 Å². The SMILES string of the molecule is Cc1nc(S(=O)(=O)N2CCC(C(=O)OCc3cc(-c4ccccc4)on3)CC2)cn1C. The largest absolute Gasteiger partial charge is 0.459 e. The van der Waals surface area contributed by atoms with Crippen molar-refractivity contribution >= 4 is 16.0 Å². The van der Waals surface area contributed by atoms with Crippen LogP contribution in [0.2, 0.25) is 0 Å². The number of ether oxygens (including phenoxy) is 1. The number of carbonyl (C=O) groups is 1. The van der Waals surface area contributed by atoms with E-state index in [0.717, 1.165) is 5.56 Å². The molecule has 9 nitrogen and oxygen atoms in total. The zero-order valence-corrected chi connectivity index (χ0v) is 18.2. The van der Waals surface area contributed by atoms with Crippen LogP contribution in [-0.2, 0) is 33.2 Å². The molecule has 3 heterocycles. The van der Waals surface area contributed by atoms with Gasteiger partial charge in [-0.2, -0.15) is 4.31 Å². The predicted molar refractivity (Wildman–Crippen MR) is 111 cm³/mol. The van der Waals surface area contributed by atoms with Crippen molar-refractivity contribution in [1.82, 2.24) is 19.0 Å². The molecule has 1 saturated heterocycles. The van der Waals surface area contributed by atoms with Crippen LogP contribution >= 0.6 is 0 Å². The van der Waals surface area contributed by atoms with E-state index in [1.807, 2.05) is 30.3 Å². The lowest BCUT2D eigenvalue weighted by Crippen LogP contribution is -2.40. The standard InChI is InChI=1S/C21H24N4O5S/c1-15-22-20(13-24(15)2)31(27,28)25-10-8-17(9-11-25)21(26)29-14-18-12-19(30-23-18)16-6-4-3-5-7-16/h3-7,12-13,17H,8-11,14H2,1-2H3. The molecule has 1 aliphatic rings. The van der Waals surface area contributed by atoms with Crippen molar-refractivity contribution in [1.29, 1.82) is 0 Å². The molecule has 1 aliphatic heterocycles. The average molecular weight is 445 g/mol. The maximum Gasteiger partial charge on any atom is 0.309 e. The Hall–Kier alpha value is -2.98. The Balaban J connectivity index is 1.30. The summed E-state index contributed by atoms with van der Waals surface area (Å²) in [5.74, 6) is 0.530. The van der Waals surface area contributed by atoms with Gasteiger partial charge in [0.25, 0.3) is 10.0 Å². The summed E-state index contributed by atoms with van der Waals surface area (Å²) in [5, 5.41) is 3.98. The lowest BCUT2D eigenvalue weighted by Gasteiger charge is -2.29. The molecule has 4 rings (SSSR count). The highest BCUT2D eigenvalue weighted by Gasteiger charge is 2.34. The second-order valence-electron chi connectivity index (χ2n) is 7.57. The first-order valence-electron chi connectivity index (χ1n) is 10.0. The number of esters is 1. The fourth-order valence-corrected chi connectivity index (χ4v) is 4.99. The first kappa shape index (κ1) is 21.3. The Kier molecular flexibility index (Phi) is 5.92. The van der Waals surface area contributed by atoms with E-state index in [0.29, 0.717) is 30.1 Å². The highest BCUT2D eigenvalue weighted by Crippen LogP contribution is 2.25. The van der Waals surface area contributed by atoms with Gasteiger partial charge >= 0.3 is 5.97 Å². The number of carbonyl (C=O) groups excluding carboxylic acids is 1. The van der Waals surface area contributed by atoms with E-state index in [1.54, 1.807) is 24.6 Å². The maximum atomic E-state index is 12.8. The zero-order valence-electron chi connectivity index (χ0n) is 17.4. The first-order valence-corrected chi connectivity index (χ1v) is 11.5. The van der Waals surface area contributed by atoms with Gasteiger partial charge in [0.15, 0.2) is 10.8 Å². The van der Waals surface area contributed by atoms with Gasteiger partial charge in [0.2, 0.25) is 0 Å². The highest BCUT2D eigenvalue weighted by atomic mass is 32.2. The van der Waals surface area contributed by atoms with Gasteiger partial charge in [0.1, 0.15) is 18.1 Å². The van der Waals surface area contributed by atoms with Gasteiger partial charge < -0.3 is 13.8 Å². The number of aromatic nitrogens is 3. The molecule has 2 aromatic heterocycles. The van der Waals surface area contributed by atoms with Crippen molar-refractivity contribution in [2.75, 3.05) is 13.1 Å². The lowest BCUT2D eigenvalue weighted by atomic mass is 9.98. The third-order valence-electron chi connectivity index (χ3n) is 5.46. The molecule has 0 amide bonds. The van der Waals surface area contributed by atoms with Crippen molar-refractivity contribution in [3.05, 3.63) is 54.1 Å². The number of nitrogens with zero attached hydrogens (tertiary/aromatic N) is 4. The average Bonchev–Trinajstić information content (AvgIpc) is 3.40. The Morgan fingerprint density at radius 3 is 2.58 bits per heavy atom. The van der Waals surface area contributed by atoms with Gasteiger partial charge in [0.05, 0.1) is 5.92 Å². The molecule has 0 N–H and O–H groups in total. The molecule has 0 radical (unpaired) electrons. The van der Waals surface area contributed by atoms with Crippen LogP contribution in [0, 0.1) is 12.8 Å². The molecule has 1 fully saturated rings. The van der Waals surface area contributed by atoms with Crippen LogP contribution in [0.15, 0.2) is 52.1 Å². The van der Waals surface area contributed by atoms with Crippen LogP contribution in [-0.4, -0.2) is 46.5 Å². The third-order valence-corrected chi connectivity index (χ3v) is 7.23. The molecule has 0 saturated carbocycles. The molecule has 10 heteroatoms. The number of rotatable bonds is 6. The monoisotopic (exact) mass is 444 g/mol. The Labute approximate surface area is 180 Å². The summed E-state index contributed by atoms with van der Waals surface area (Å²) in [4.78, 5) is 16.6. The van der Waals surface area contributed by atoms with Gasteiger partial charge in [-0.15, -0.1) is 0 Å². The van der Waals surface area contributed by atoms with E-state index in [4.69, 9.17) is 9.26 Å². The topological polar surface area (TPSA) is 108 Å². The number of piperidine rings is 1. The van der Waals surface area contributed by atoms with E-state index in [-0.39, 0.29) is 36.6 Å². The van der Waals surface area contributed by atoms with Crippen LogP contribution in [0.25, 0.3) is 11.3 Å². The summed E-state index contributed by atoms with van der Waals surface area (Å²) in [6, 6.07) is 11.3. The summed E-state index contributed by atoms with van der Waals surface area (Å²) >= 11 is 0. The Bertz CT molecular complexity index is 1140. The molecule has 0 unspecified atom stereocenters. The van der Waals surface area contributed by atoms with Gasteiger partial charge in [-0.1, -0.05) is 35.5 Å². The normalized spacial score (nSPS) is 15.8. The quantitative estimate of drug-likeness (QED) is 0.538. The number of sulfonamides is 1. The van der Waals surface area contributed by atoms with E-state index in [1.165, 1.54) is 10.5 Å². The second-order valence-corrected chi connectivity index (χ2v) is 9.46. The van der Waals surface area contributed by atoms with Gasteiger partial charge in [-0.05, 0) is 19.8 Å². The van der Waals surface area contributed by atoms with Crippen LogP contribution in [0.1, 0.15) is 24.4 Å². The molecular weight excluding hydrogens is 420 g/mol. The number of benzene rings is 1. The highest BCUT2D eigenvalue weighted by molar-refractivity contribution is 7.89. The number of hydrogen-bond donors (Lipinski definition) is 0. The molecule has 0 atom stereocenters. The first-order chi connectivity index (χ1) is 14.8. The molecule has 1 aromatic carbocycles. The minimum atomic E-state index is -3.66. The molecular formula is C21H24N4O5S. The smallest absolute Gasteiger partial charge is 0.309 e. The van der Waals surface area contributed by atoms with E-state index in [9.17, 15) is 13.2 Å². The second kappa shape index (κ2) is 8.64. The van der Waals surface area contributed by atoms with Crippen molar-refractivity contribution in [3.63, 3.8) is 0 Å². The molecule has 3 aromatic rings. The molecule has 31 heavy (non-hydrogen) atoms. The molecule has 164 valence electrons. The van der Waals surface area contributed by atoms with Gasteiger partial charge in [-0.25, -0.2) is 13.4 Å². The fourth-order valence-electron chi connectivity index (χ4n) is 3.50.